The van der Waals surface area contributed by atoms with Crippen LogP contribution in [-0.4, -0.2) is 53.4 Å². The van der Waals surface area contributed by atoms with E-state index < -0.39 is 12.0 Å². The van der Waals surface area contributed by atoms with Crippen LogP contribution in [0.3, 0.4) is 0 Å². The van der Waals surface area contributed by atoms with E-state index in [4.69, 9.17) is 4.74 Å². The monoisotopic (exact) mass is 550 g/mol. The Balaban J connectivity index is 1.36. The molecule has 0 aliphatic rings. The molecule has 7 nitrogen and oxygen atoms in total. The first-order chi connectivity index (χ1) is 20.0. The number of ether oxygens (including phenoxy) is 1. The number of nitrogens with one attached hydrogen (secondary N) is 1. The molecule has 1 atom stereocenters. The van der Waals surface area contributed by atoms with E-state index >= 15 is 0 Å². The van der Waals surface area contributed by atoms with Crippen LogP contribution in [0.25, 0.3) is 0 Å². The van der Waals surface area contributed by atoms with Gasteiger partial charge in [-0.25, -0.2) is 4.79 Å². The van der Waals surface area contributed by atoms with E-state index in [2.05, 4.69) is 5.32 Å². The summed E-state index contributed by atoms with van der Waals surface area (Å²) in [6.07, 6.45) is 1.05. The van der Waals surface area contributed by atoms with Crippen LogP contribution in [0.2, 0.25) is 0 Å². The van der Waals surface area contributed by atoms with Crippen LogP contribution in [0.4, 0.5) is 5.69 Å². The van der Waals surface area contributed by atoms with E-state index in [1.165, 1.54) is 0 Å². The highest BCUT2D eigenvalue weighted by atomic mass is 16.5. The molecular weight excluding hydrogens is 516 g/mol. The Bertz CT molecular complexity index is 1440. The van der Waals surface area contributed by atoms with Crippen molar-refractivity contribution >= 4 is 23.3 Å². The molecule has 41 heavy (non-hydrogen) atoms. The first kappa shape index (κ1) is 29.1. The fourth-order valence-corrected chi connectivity index (χ4v) is 4.52. The minimum absolute atomic E-state index is 0.0225. The fourth-order valence-electron chi connectivity index (χ4n) is 4.52. The predicted octanol–water partition coefficient (Wildman–Crippen LogP) is 5.96. The third-order valence-electron chi connectivity index (χ3n) is 6.63. The molecule has 0 saturated heterocycles. The van der Waals surface area contributed by atoms with Crippen LogP contribution >= 0.6 is 0 Å². The minimum Gasteiger partial charge on any atom is -0.492 e. The van der Waals surface area contributed by atoms with Gasteiger partial charge in [0.1, 0.15) is 18.4 Å². The molecule has 4 rings (SSSR count). The summed E-state index contributed by atoms with van der Waals surface area (Å²) in [6.45, 7) is 3.46. The number of hydrogen-bond acceptors (Lipinski definition) is 5. The molecule has 0 unspecified atom stereocenters. The molecule has 4 aromatic rings. The normalized spacial score (nSPS) is 11.3. The van der Waals surface area contributed by atoms with E-state index in [9.17, 15) is 19.5 Å². The Kier molecular flexibility index (Phi) is 10.3. The molecule has 0 aliphatic carbocycles. The Hall–Kier alpha value is -4.91. The second-order valence-corrected chi connectivity index (χ2v) is 9.63. The average molecular weight is 551 g/mol. The van der Waals surface area contributed by atoms with Crippen LogP contribution < -0.4 is 10.1 Å². The first-order valence-electron chi connectivity index (χ1n) is 13.7. The number of carboxylic acid groups (broad SMARTS) is 1. The SMILES string of the molecule is CCCN(CCOc1ccc(C[C@H](Nc2ccccc2C(=O)c2ccccc2)C(=O)O)cc1)C(=O)c1ccccc1. The van der Waals surface area contributed by atoms with E-state index in [0.717, 1.165) is 12.0 Å². The number of amides is 1. The second-order valence-electron chi connectivity index (χ2n) is 9.63. The number of carboxylic acids is 1. The van der Waals surface area contributed by atoms with E-state index in [1.807, 2.05) is 55.5 Å². The number of aliphatic carboxylic acids is 1. The van der Waals surface area contributed by atoms with Gasteiger partial charge in [0.15, 0.2) is 5.78 Å². The summed E-state index contributed by atoms with van der Waals surface area (Å²) in [4.78, 5) is 39.8. The number of benzene rings is 4. The average Bonchev–Trinajstić information content (AvgIpc) is 3.01. The van der Waals surface area contributed by atoms with Crippen molar-refractivity contribution in [2.24, 2.45) is 0 Å². The minimum atomic E-state index is -1.02. The second kappa shape index (κ2) is 14.5. The van der Waals surface area contributed by atoms with Gasteiger partial charge < -0.3 is 20.1 Å². The van der Waals surface area contributed by atoms with Gasteiger partial charge in [-0.3, -0.25) is 9.59 Å². The van der Waals surface area contributed by atoms with Crippen molar-refractivity contribution in [2.45, 2.75) is 25.8 Å². The summed E-state index contributed by atoms with van der Waals surface area (Å²) >= 11 is 0. The molecule has 0 aliphatic heterocycles. The molecule has 4 aromatic carbocycles. The van der Waals surface area contributed by atoms with Crippen LogP contribution in [0, 0.1) is 0 Å². The lowest BCUT2D eigenvalue weighted by Gasteiger charge is -2.22. The molecule has 0 radical (unpaired) electrons. The zero-order valence-corrected chi connectivity index (χ0v) is 23.0. The largest absolute Gasteiger partial charge is 0.492 e. The van der Waals surface area contributed by atoms with Crippen molar-refractivity contribution in [3.63, 3.8) is 0 Å². The Morgan fingerprint density at radius 3 is 2.02 bits per heavy atom. The van der Waals surface area contributed by atoms with Crippen molar-refractivity contribution in [1.82, 2.24) is 4.90 Å². The molecule has 0 spiro atoms. The number of anilines is 1. The molecule has 0 bridgehead atoms. The summed E-state index contributed by atoms with van der Waals surface area (Å²) in [5.74, 6) is -0.588. The third-order valence-corrected chi connectivity index (χ3v) is 6.63. The highest BCUT2D eigenvalue weighted by Gasteiger charge is 2.21. The lowest BCUT2D eigenvalue weighted by Crippen LogP contribution is -2.35. The molecule has 0 saturated carbocycles. The predicted molar refractivity (Wildman–Crippen MR) is 160 cm³/mol. The molecule has 1 amide bonds. The number of ketones is 1. The number of carbonyl (C=O) groups excluding carboxylic acids is 2. The quantitative estimate of drug-likeness (QED) is 0.188. The number of para-hydroxylation sites is 1. The summed E-state index contributed by atoms with van der Waals surface area (Å²) in [6, 6.07) is 31.3. The van der Waals surface area contributed by atoms with Gasteiger partial charge in [-0.15, -0.1) is 0 Å². The van der Waals surface area contributed by atoms with E-state index in [1.54, 1.807) is 65.6 Å². The summed E-state index contributed by atoms with van der Waals surface area (Å²) in [5, 5.41) is 13.0. The van der Waals surface area contributed by atoms with E-state index in [0.29, 0.717) is 47.8 Å². The van der Waals surface area contributed by atoms with Gasteiger partial charge in [0, 0.05) is 35.3 Å². The first-order valence-corrected chi connectivity index (χ1v) is 13.7. The number of rotatable bonds is 14. The van der Waals surface area contributed by atoms with Crippen molar-refractivity contribution < 1.29 is 24.2 Å². The highest BCUT2D eigenvalue weighted by molar-refractivity contribution is 6.12. The lowest BCUT2D eigenvalue weighted by atomic mass is 10.00. The van der Waals surface area contributed by atoms with Crippen LogP contribution in [-0.2, 0) is 11.2 Å². The summed E-state index contributed by atoms with van der Waals surface area (Å²) < 4.78 is 5.89. The molecule has 0 heterocycles. The van der Waals surface area contributed by atoms with Crippen molar-refractivity contribution in [3.05, 3.63) is 131 Å². The van der Waals surface area contributed by atoms with Gasteiger partial charge in [0.2, 0.25) is 0 Å². The van der Waals surface area contributed by atoms with Crippen LogP contribution in [0.1, 0.15) is 45.2 Å². The molecule has 2 N–H and O–H groups in total. The number of carbonyl (C=O) groups is 3. The van der Waals surface area contributed by atoms with Gasteiger partial charge >= 0.3 is 5.97 Å². The maximum absolute atomic E-state index is 13.1. The smallest absolute Gasteiger partial charge is 0.326 e. The number of hydrogen-bond donors (Lipinski definition) is 2. The van der Waals surface area contributed by atoms with Gasteiger partial charge in [-0.05, 0) is 48.4 Å². The van der Waals surface area contributed by atoms with Crippen LogP contribution in [0.15, 0.2) is 109 Å². The zero-order valence-electron chi connectivity index (χ0n) is 23.0. The summed E-state index contributed by atoms with van der Waals surface area (Å²) in [5.41, 5.74) is 2.87. The fraction of sp³-hybridized carbons (Fsp3) is 0.206. The molecular formula is C34H34N2O5. The lowest BCUT2D eigenvalue weighted by molar-refractivity contribution is -0.137. The Morgan fingerprint density at radius 1 is 0.780 bits per heavy atom. The standard InChI is InChI=1S/C34H34N2O5/c1-2-21-36(33(38)27-13-7-4-8-14-27)22-23-41-28-19-17-25(18-20-28)24-31(34(39)40)35-30-16-10-9-15-29(30)32(37)26-11-5-3-6-12-26/h3-20,31,35H,2,21-24H2,1H3,(H,39,40)/t31-/m0/s1. The maximum Gasteiger partial charge on any atom is 0.326 e. The van der Waals surface area contributed by atoms with Crippen molar-refractivity contribution in [2.75, 3.05) is 25.0 Å². The molecule has 7 heteroatoms. The third kappa shape index (κ3) is 8.05. The maximum atomic E-state index is 13.1. The van der Waals surface area contributed by atoms with Gasteiger partial charge in [-0.2, -0.15) is 0 Å². The van der Waals surface area contributed by atoms with Gasteiger partial charge in [0.05, 0.1) is 6.54 Å². The van der Waals surface area contributed by atoms with Gasteiger partial charge in [0.25, 0.3) is 5.91 Å². The topological polar surface area (TPSA) is 95.9 Å². The highest BCUT2D eigenvalue weighted by Crippen LogP contribution is 2.22. The Morgan fingerprint density at radius 2 is 1.39 bits per heavy atom. The van der Waals surface area contributed by atoms with E-state index in [-0.39, 0.29) is 18.1 Å². The molecule has 0 aromatic heterocycles. The van der Waals surface area contributed by atoms with Gasteiger partial charge in [-0.1, -0.05) is 79.7 Å². The molecule has 0 fully saturated rings. The Labute approximate surface area is 240 Å². The van der Waals surface area contributed by atoms with Crippen LogP contribution in [0.5, 0.6) is 5.75 Å². The number of nitrogens with zero attached hydrogens (tertiary/aromatic N) is 1. The zero-order chi connectivity index (χ0) is 29.0. The van der Waals surface area contributed by atoms with Crippen molar-refractivity contribution in [3.8, 4) is 5.75 Å². The molecule has 210 valence electrons. The van der Waals surface area contributed by atoms with Crippen molar-refractivity contribution in [1.29, 1.82) is 0 Å². The summed E-state index contributed by atoms with van der Waals surface area (Å²) in [7, 11) is 0.